The van der Waals surface area contributed by atoms with Crippen molar-refractivity contribution < 1.29 is 4.74 Å². The summed E-state index contributed by atoms with van der Waals surface area (Å²) in [5.74, 6) is 0. The van der Waals surface area contributed by atoms with Crippen LogP contribution in [0.5, 0.6) is 0 Å². The topological polar surface area (TPSA) is 12.5 Å². The Kier molecular flexibility index (Phi) is 4.34. The number of benzene rings is 1. The maximum absolute atomic E-state index is 6.23. The third kappa shape index (κ3) is 3.68. The predicted octanol–water partition coefficient (Wildman–Crippen LogP) is 3.49. The Hall–Kier alpha value is -0.130. The fraction of sp³-hybridized carbons (Fsp3) is 0.600. The van der Waals surface area contributed by atoms with Crippen LogP contribution in [-0.2, 0) is 11.3 Å². The normalized spacial score (nSPS) is 28.2. The van der Waals surface area contributed by atoms with E-state index in [-0.39, 0.29) is 11.2 Å². The number of morpholine rings is 1. The van der Waals surface area contributed by atoms with Crippen LogP contribution < -0.4 is 0 Å². The monoisotopic (exact) mass is 359 g/mol. The van der Waals surface area contributed by atoms with Gasteiger partial charge in [-0.05, 0) is 26.3 Å². The van der Waals surface area contributed by atoms with Crippen LogP contribution in [-0.4, -0.2) is 33.6 Å². The van der Waals surface area contributed by atoms with E-state index in [1.165, 1.54) is 5.56 Å². The number of hydrogen-bond donors (Lipinski definition) is 0. The quantitative estimate of drug-likeness (QED) is 0.605. The van der Waals surface area contributed by atoms with Crippen LogP contribution in [0, 0.1) is 0 Å². The van der Waals surface area contributed by atoms with E-state index in [0.29, 0.717) is 0 Å². The Morgan fingerprint density at radius 1 is 1.17 bits per heavy atom. The average Bonchev–Trinajstić information content (AvgIpc) is 2.27. The highest BCUT2D eigenvalue weighted by Crippen LogP contribution is 2.30. The van der Waals surface area contributed by atoms with E-state index in [0.717, 1.165) is 24.1 Å². The minimum atomic E-state index is -0.0625. The van der Waals surface area contributed by atoms with Crippen molar-refractivity contribution in [3.8, 4) is 0 Å². The molecule has 1 atom stereocenters. The molecule has 1 saturated heterocycles. The third-order valence-electron chi connectivity index (χ3n) is 3.22. The van der Waals surface area contributed by atoms with E-state index in [2.05, 4.69) is 78.6 Å². The molecule has 100 valence electrons. The van der Waals surface area contributed by atoms with E-state index in [4.69, 9.17) is 4.74 Å². The lowest BCUT2D eigenvalue weighted by atomic mass is 9.98. The summed E-state index contributed by atoms with van der Waals surface area (Å²) in [4.78, 5) is 2.51. The van der Waals surface area contributed by atoms with Crippen molar-refractivity contribution >= 4 is 22.6 Å². The summed E-state index contributed by atoms with van der Waals surface area (Å²) in [6, 6.07) is 10.7. The predicted molar refractivity (Wildman–Crippen MR) is 84.2 cm³/mol. The molecule has 0 radical (unpaired) electrons. The van der Waals surface area contributed by atoms with Crippen LogP contribution in [0.25, 0.3) is 0 Å². The number of rotatable bonds is 3. The SMILES string of the molecule is CC1(C)CN(Cc2ccccc2)C[C@@](C)(CI)O1. The van der Waals surface area contributed by atoms with Crippen LogP contribution in [0.1, 0.15) is 26.3 Å². The van der Waals surface area contributed by atoms with Crippen molar-refractivity contribution in [2.24, 2.45) is 0 Å². The van der Waals surface area contributed by atoms with E-state index < -0.39 is 0 Å². The van der Waals surface area contributed by atoms with Crippen LogP contribution >= 0.6 is 22.6 Å². The standard InChI is InChI=1S/C15H22INO/c1-14(2)11-17(12-15(3,10-16)18-14)9-13-7-5-4-6-8-13/h4-8H,9-12H2,1-3H3/t15-/m1/s1. The Morgan fingerprint density at radius 3 is 2.44 bits per heavy atom. The van der Waals surface area contributed by atoms with Gasteiger partial charge in [0.1, 0.15) is 0 Å². The second kappa shape index (κ2) is 5.47. The van der Waals surface area contributed by atoms with Crippen LogP contribution in [0.2, 0.25) is 0 Å². The first kappa shape index (κ1) is 14.3. The lowest BCUT2D eigenvalue weighted by molar-refractivity contribution is -0.178. The summed E-state index contributed by atoms with van der Waals surface area (Å²) >= 11 is 2.43. The van der Waals surface area contributed by atoms with Crippen molar-refractivity contribution in [1.82, 2.24) is 4.90 Å². The van der Waals surface area contributed by atoms with Gasteiger partial charge in [0.15, 0.2) is 0 Å². The van der Waals surface area contributed by atoms with Gasteiger partial charge in [-0.15, -0.1) is 0 Å². The number of alkyl halides is 1. The molecule has 1 aliphatic heterocycles. The zero-order chi connectivity index (χ0) is 13.2. The summed E-state index contributed by atoms with van der Waals surface area (Å²) in [5.41, 5.74) is 1.29. The van der Waals surface area contributed by atoms with E-state index in [1.54, 1.807) is 0 Å². The van der Waals surface area contributed by atoms with Gasteiger partial charge in [0.25, 0.3) is 0 Å². The van der Waals surface area contributed by atoms with Crippen molar-refractivity contribution in [2.45, 2.75) is 38.5 Å². The molecule has 0 amide bonds. The Balaban J connectivity index is 2.09. The molecule has 1 aliphatic rings. The van der Waals surface area contributed by atoms with E-state index >= 15 is 0 Å². The van der Waals surface area contributed by atoms with Gasteiger partial charge < -0.3 is 4.74 Å². The Labute approximate surface area is 124 Å². The highest BCUT2D eigenvalue weighted by molar-refractivity contribution is 14.1. The van der Waals surface area contributed by atoms with Gasteiger partial charge in [0.05, 0.1) is 11.2 Å². The summed E-state index contributed by atoms with van der Waals surface area (Å²) in [6.45, 7) is 9.62. The highest BCUT2D eigenvalue weighted by Gasteiger charge is 2.40. The molecule has 0 aromatic heterocycles. The molecule has 1 fully saturated rings. The maximum atomic E-state index is 6.23. The maximum Gasteiger partial charge on any atom is 0.0877 e. The number of hydrogen-bond acceptors (Lipinski definition) is 2. The second-order valence-electron chi connectivity index (χ2n) is 6.08. The minimum Gasteiger partial charge on any atom is -0.366 e. The average molecular weight is 359 g/mol. The number of halogens is 1. The molecule has 0 saturated carbocycles. The molecule has 1 aromatic carbocycles. The Morgan fingerprint density at radius 2 is 1.83 bits per heavy atom. The molecule has 3 heteroatoms. The number of nitrogens with zero attached hydrogens (tertiary/aromatic N) is 1. The van der Waals surface area contributed by atoms with Crippen molar-refractivity contribution in [2.75, 3.05) is 17.5 Å². The Bertz CT molecular complexity index is 393. The molecule has 1 aromatic rings. The zero-order valence-electron chi connectivity index (χ0n) is 11.4. The van der Waals surface area contributed by atoms with Gasteiger partial charge in [-0.3, -0.25) is 4.90 Å². The van der Waals surface area contributed by atoms with Gasteiger partial charge in [-0.2, -0.15) is 0 Å². The fourth-order valence-corrected chi connectivity index (χ4v) is 3.22. The molecule has 0 aliphatic carbocycles. The first-order valence-electron chi connectivity index (χ1n) is 6.45. The zero-order valence-corrected chi connectivity index (χ0v) is 13.6. The molecule has 0 bridgehead atoms. The van der Waals surface area contributed by atoms with Gasteiger partial charge in [0, 0.05) is 24.1 Å². The van der Waals surface area contributed by atoms with Gasteiger partial charge >= 0.3 is 0 Å². The minimum absolute atomic E-state index is 0.0307. The molecule has 2 rings (SSSR count). The molecule has 0 N–H and O–H groups in total. The first-order chi connectivity index (χ1) is 8.42. The highest BCUT2D eigenvalue weighted by atomic mass is 127. The molecule has 0 unspecified atom stereocenters. The van der Waals surface area contributed by atoms with Gasteiger partial charge in [0.2, 0.25) is 0 Å². The van der Waals surface area contributed by atoms with Crippen LogP contribution in [0.4, 0.5) is 0 Å². The van der Waals surface area contributed by atoms with Gasteiger partial charge in [-0.25, -0.2) is 0 Å². The summed E-state index contributed by atoms with van der Waals surface area (Å²) in [6.07, 6.45) is 0. The second-order valence-corrected chi connectivity index (χ2v) is 6.84. The van der Waals surface area contributed by atoms with Crippen molar-refractivity contribution in [1.29, 1.82) is 0 Å². The van der Waals surface area contributed by atoms with Gasteiger partial charge in [-0.1, -0.05) is 52.9 Å². The van der Waals surface area contributed by atoms with Crippen molar-refractivity contribution in [3.63, 3.8) is 0 Å². The molecular formula is C15H22INO. The molecule has 1 heterocycles. The van der Waals surface area contributed by atoms with Crippen molar-refractivity contribution in [3.05, 3.63) is 35.9 Å². The molecule has 2 nitrogen and oxygen atoms in total. The largest absolute Gasteiger partial charge is 0.366 e. The molecular weight excluding hydrogens is 337 g/mol. The van der Waals surface area contributed by atoms with E-state index in [9.17, 15) is 0 Å². The summed E-state index contributed by atoms with van der Waals surface area (Å²) in [7, 11) is 0. The fourth-order valence-electron chi connectivity index (χ4n) is 2.82. The summed E-state index contributed by atoms with van der Waals surface area (Å²) in [5, 5.41) is 0. The lowest BCUT2D eigenvalue weighted by Crippen LogP contribution is -2.58. The first-order valence-corrected chi connectivity index (χ1v) is 7.97. The molecule has 18 heavy (non-hydrogen) atoms. The van der Waals surface area contributed by atoms with E-state index in [1.807, 2.05) is 0 Å². The smallest absolute Gasteiger partial charge is 0.0877 e. The molecule has 0 spiro atoms. The van der Waals surface area contributed by atoms with Crippen LogP contribution in [0.15, 0.2) is 30.3 Å². The number of ether oxygens (including phenoxy) is 1. The third-order valence-corrected chi connectivity index (χ3v) is 4.83. The summed E-state index contributed by atoms with van der Waals surface area (Å²) < 4.78 is 7.26. The van der Waals surface area contributed by atoms with Crippen LogP contribution in [0.3, 0.4) is 0 Å². The lowest BCUT2D eigenvalue weighted by Gasteiger charge is -2.48.